The zero-order valence-electron chi connectivity index (χ0n) is 16.5. The highest BCUT2D eigenvalue weighted by atomic mass is 35.5. The van der Waals surface area contributed by atoms with Crippen LogP contribution in [0.1, 0.15) is 37.4 Å². The van der Waals surface area contributed by atoms with Crippen molar-refractivity contribution in [2.24, 2.45) is 0 Å². The van der Waals surface area contributed by atoms with Crippen LogP contribution in [0.3, 0.4) is 0 Å². The molecular formula is C22H23ClN6O. The van der Waals surface area contributed by atoms with E-state index in [0.717, 1.165) is 37.1 Å². The lowest BCUT2D eigenvalue weighted by Crippen LogP contribution is -2.31. The minimum Gasteiger partial charge on any atom is -0.354 e. The molecule has 1 saturated heterocycles. The van der Waals surface area contributed by atoms with Crippen LogP contribution in [0.15, 0.2) is 55.0 Å². The second-order valence-corrected chi connectivity index (χ2v) is 7.60. The van der Waals surface area contributed by atoms with Gasteiger partial charge in [-0.25, -0.2) is 19.9 Å². The maximum atomic E-state index is 12.8. The van der Waals surface area contributed by atoms with E-state index < -0.39 is 0 Å². The smallest absolute Gasteiger partial charge is 0.223 e. The van der Waals surface area contributed by atoms with Crippen molar-refractivity contribution in [3.05, 3.63) is 65.7 Å². The van der Waals surface area contributed by atoms with Crippen LogP contribution in [0.2, 0.25) is 5.02 Å². The van der Waals surface area contributed by atoms with Crippen molar-refractivity contribution in [2.75, 3.05) is 18.4 Å². The van der Waals surface area contributed by atoms with E-state index in [9.17, 15) is 4.79 Å². The molecule has 0 radical (unpaired) electrons. The molecule has 8 heteroatoms. The first-order valence-electron chi connectivity index (χ1n) is 10.1. The highest BCUT2D eigenvalue weighted by Crippen LogP contribution is 2.32. The Hall–Kier alpha value is -3.06. The average molecular weight is 423 g/mol. The van der Waals surface area contributed by atoms with E-state index in [1.54, 1.807) is 24.7 Å². The Bertz CT molecular complexity index is 1000. The van der Waals surface area contributed by atoms with Crippen molar-refractivity contribution < 1.29 is 4.79 Å². The fraction of sp³-hybridized carbons (Fsp3) is 0.318. The van der Waals surface area contributed by atoms with Gasteiger partial charge in [-0.15, -0.1) is 0 Å². The number of nitrogens with one attached hydrogen (secondary N) is 1. The van der Waals surface area contributed by atoms with E-state index in [-0.39, 0.29) is 11.9 Å². The summed E-state index contributed by atoms with van der Waals surface area (Å²) in [6.07, 6.45) is 8.21. The predicted octanol–water partition coefficient (Wildman–Crippen LogP) is 4.14. The molecule has 1 amide bonds. The summed E-state index contributed by atoms with van der Waals surface area (Å²) in [6, 6.07) is 11.2. The second-order valence-electron chi connectivity index (χ2n) is 7.16. The molecule has 7 nitrogen and oxygen atoms in total. The van der Waals surface area contributed by atoms with Crippen LogP contribution in [0.5, 0.6) is 0 Å². The van der Waals surface area contributed by atoms with E-state index in [4.69, 9.17) is 16.6 Å². The summed E-state index contributed by atoms with van der Waals surface area (Å²) in [5, 5.41) is 3.79. The van der Waals surface area contributed by atoms with Crippen molar-refractivity contribution in [3.8, 4) is 11.4 Å². The summed E-state index contributed by atoms with van der Waals surface area (Å²) < 4.78 is 0. The molecule has 0 spiro atoms. The standard InChI is InChI=1S/C22H23ClN6O/c23-17-6-1-5-16(15-17)21-24-13-9-18(28-21)19-7-3-14-29(19)20(30)8-2-10-25-22-26-11-4-12-27-22/h1,4-6,9,11-13,15,19H,2-3,7-8,10,14H2,(H,25,26,27). The number of likely N-dealkylation sites (tertiary alicyclic amines) is 1. The van der Waals surface area contributed by atoms with Crippen molar-refractivity contribution >= 4 is 23.5 Å². The Balaban J connectivity index is 1.38. The van der Waals surface area contributed by atoms with E-state index >= 15 is 0 Å². The highest BCUT2D eigenvalue weighted by molar-refractivity contribution is 6.30. The van der Waals surface area contributed by atoms with Crippen LogP contribution in [0.25, 0.3) is 11.4 Å². The third-order valence-corrected chi connectivity index (χ3v) is 5.33. The number of anilines is 1. The third-order valence-electron chi connectivity index (χ3n) is 5.09. The maximum Gasteiger partial charge on any atom is 0.223 e. The molecule has 30 heavy (non-hydrogen) atoms. The van der Waals surface area contributed by atoms with Crippen LogP contribution in [-0.2, 0) is 4.79 Å². The van der Waals surface area contributed by atoms with Crippen molar-refractivity contribution in [1.82, 2.24) is 24.8 Å². The van der Waals surface area contributed by atoms with Gasteiger partial charge in [0.05, 0.1) is 11.7 Å². The SMILES string of the molecule is O=C(CCCNc1ncccn1)N1CCCC1c1ccnc(-c2cccc(Cl)c2)n1. The number of benzene rings is 1. The minimum atomic E-state index is -0.0103. The monoisotopic (exact) mass is 422 g/mol. The number of carbonyl (C=O) groups excluding carboxylic acids is 1. The van der Waals surface area contributed by atoms with Crippen molar-refractivity contribution in [3.63, 3.8) is 0 Å². The first kappa shape index (κ1) is 20.2. The number of carbonyl (C=O) groups is 1. The van der Waals surface area contributed by atoms with Gasteiger partial charge in [-0.05, 0) is 43.5 Å². The first-order chi connectivity index (χ1) is 14.7. The molecule has 1 N–H and O–H groups in total. The second kappa shape index (κ2) is 9.63. The van der Waals surface area contributed by atoms with Gasteiger partial charge in [0.2, 0.25) is 11.9 Å². The van der Waals surface area contributed by atoms with Gasteiger partial charge in [-0.1, -0.05) is 23.7 Å². The Labute approximate surface area is 180 Å². The summed E-state index contributed by atoms with van der Waals surface area (Å²) in [6.45, 7) is 1.41. The molecule has 1 fully saturated rings. The summed E-state index contributed by atoms with van der Waals surface area (Å²) >= 11 is 6.10. The molecule has 0 saturated carbocycles. The number of hydrogen-bond acceptors (Lipinski definition) is 6. The van der Waals surface area contributed by atoms with Gasteiger partial charge in [-0.3, -0.25) is 4.79 Å². The van der Waals surface area contributed by atoms with Crippen LogP contribution in [-0.4, -0.2) is 43.8 Å². The third kappa shape index (κ3) is 4.91. The van der Waals surface area contributed by atoms with Crippen LogP contribution in [0.4, 0.5) is 5.95 Å². The summed E-state index contributed by atoms with van der Waals surface area (Å²) in [7, 11) is 0. The van der Waals surface area contributed by atoms with Gasteiger partial charge >= 0.3 is 0 Å². The Morgan fingerprint density at radius 1 is 1.13 bits per heavy atom. The number of halogens is 1. The summed E-state index contributed by atoms with van der Waals surface area (Å²) in [5.41, 5.74) is 1.75. The van der Waals surface area contributed by atoms with Crippen molar-refractivity contribution in [2.45, 2.75) is 31.7 Å². The summed E-state index contributed by atoms with van der Waals surface area (Å²) in [5.74, 6) is 1.36. The lowest BCUT2D eigenvalue weighted by molar-refractivity contribution is -0.132. The number of nitrogens with zero attached hydrogens (tertiary/aromatic N) is 5. The molecule has 0 bridgehead atoms. The molecule has 1 aromatic carbocycles. The molecule has 0 aliphatic carbocycles. The van der Waals surface area contributed by atoms with Crippen LogP contribution < -0.4 is 5.32 Å². The minimum absolute atomic E-state index is 0.0103. The van der Waals surface area contributed by atoms with Crippen LogP contribution >= 0.6 is 11.6 Å². The van der Waals surface area contributed by atoms with E-state index in [2.05, 4.69) is 20.3 Å². The van der Waals surface area contributed by atoms with Gasteiger partial charge in [-0.2, -0.15) is 0 Å². The molecule has 1 atom stereocenters. The highest BCUT2D eigenvalue weighted by Gasteiger charge is 2.30. The number of aromatic nitrogens is 4. The van der Waals surface area contributed by atoms with E-state index in [1.807, 2.05) is 35.2 Å². The molecule has 3 aromatic rings. The largest absolute Gasteiger partial charge is 0.354 e. The van der Waals surface area contributed by atoms with E-state index in [0.29, 0.717) is 29.8 Å². The molecule has 1 aliphatic rings. The predicted molar refractivity (Wildman–Crippen MR) is 116 cm³/mol. The molecule has 4 rings (SSSR count). The molecule has 2 aromatic heterocycles. The Morgan fingerprint density at radius 3 is 2.83 bits per heavy atom. The van der Waals surface area contributed by atoms with Gasteiger partial charge in [0.25, 0.3) is 0 Å². The zero-order valence-corrected chi connectivity index (χ0v) is 17.3. The lowest BCUT2D eigenvalue weighted by atomic mass is 10.1. The number of rotatable bonds is 7. The maximum absolute atomic E-state index is 12.8. The van der Waals surface area contributed by atoms with Gasteiger partial charge in [0.15, 0.2) is 5.82 Å². The van der Waals surface area contributed by atoms with Crippen molar-refractivity contribution in [1.29, 1.82) is 0 Å². The Morgan fingerprint density at radius 2 is 2.00 bits per heavy atom. The Kier molecular flexibility index (Phi) is 6.49. The molecular weight excluding hydrogens is 400 g/mol. The number of hydrogen-bond donors (Lipinski definition) is 1. The fourth-order valence-corrected chi connectivity index (χ4v) is 3.86. The first-order valence-corrected chi connectivity index (χ1v) is 10.5. The average Bonchev–Trinajstić information content (AvgIpc) is 3.28. The molecule has 1 aliphatic heterocycles. The topological polar surface area (TPSA) is 83.9 Å². The zero-order chi connectivity index (χ0) is 20.8. The summed E-state index contributed by atoms with van der Waals surface area (Å²) in [4.78, 5) is 32.2. The quantitative estimate of drug-likeness (QED) is 0.576. The molecule has 154 valence electrons. The normalized spacial score (nSPS) is 15.9. The lowest BCUT2D eigenvalue weighted by Gasteiger charge is -2.24. The molecule has 3 heterocycles. The fourth-order valence-electron chi connectivity index (χ4n) is 3.67. The van der Waals surface area contributed by atoms with Gasteiger partial charge < -0.3 is 10.2 Å². The van der Waals surface area contributed by atoms with E-state index in [1.165, 1.54) is 0 Å². The molecule has 1 unspecified atom stereocenters. The van der Waals surface area contributed by atoms with Gasteiger partial charge in [0, 0.05) is 48.7 Å². The van der Waals surface area contributed by atoms with Gasteiger partial charge in [0.1, 0.15) is 0 Å². The number of amides is 1. The van der Waals surface area contributed by atoms with Crippen LogP contribution in [0, 0.1) is 0 Å².